The van der Waals surface area contributed by atoms with E-state index in [4.69, 9.17) is 0 Å². The summed E-state index contributed by atoms with van der Waals surface area (Å²) in [5.74, 6) is 0.117. The van der Waals surface area contributed by atoms with Gasteiger partial charge in [0.15, 0.2) is 4.34 Å². The molecule has 2 amide bonds. The fourth-order valence-electron chi connectivity index (χ4n) is 3.07. The maximum Gasteiger partial charge on any atom is 0.257 e. The average molecular weight is 411 g/mol. The zero-order valence-electron chi connectivity index (χ0n) is 15.2. The summed E-state index contributed by atoms with van der Waals surface area (Å²) in [5, 5.41) is 11.3. The van der Waals surface area contributed by atoms with Crippen LogP contribution in [-0.2, 0) is 11.2 Å². The summed E-state index contributed by atoms with van der Waals surface area (Å²) in [6, 6.07) is 15.3. The fourth-order valence-corrected chi connectivity index (χ4v) is 4.70. The predicted molar refractivity (Wildman–Crippen MR) is 112 cm³/mol. The Morgan fingerprint density at radius 2 is 2.04 bits per heavy atom. The Kier molecular flexibility index (Phi) is 5.40. The van der Waals surface area contributed by atoms with Crippen LogP contribution in [0.3, 0.4) is 0 Å². The summed E-state index contributed by atoms with van der Waals surface area (Å²) >= 11 is 2.61. The molecular weight excluding hydrogens is 392 g/mol. The zero-order valence-corrected chi connectivity index (χ0v) is 16.8. The number of fused-ring (bicyclic) bond motifs is 1. The van der Waals surface area contributed by atoms with Crippen molar-refractivity contribution in [2.45, 2.75) is 17.7 Å². The second-order valence-electron chi connectivity index (χ2n) is 6.41. The summed E-state index contributed by atoms with van der Waals surface area (Å²) in [5.41, 5.74) is 3.80. The van der Waals surface area contributed by atoms with Gasteiger partial charge in [-0.25, -0.2) is 0 Å². The van der Waals surface area contributed by atoms with E-state index < -0.39 is 0 Å². The van der Waals surface area contributed by atoms with E-state index in [-0.39, 0.29) is 17.6 Å². The molecule has 28 heavy (non-hydrogen) atoms. The van der Waals surface area contributed by atoms with Gasteiger partial charge in [0.1, 0.15) is 0 Å². The van der Waals surface area contributed by atoms with Crippen molar-refractivity contribution >= 4 is 45.7 Å². The van der Waals surface area contributed by atoms with Gasteiger partial charge in [0.25, 0.3) is 5.91 Å². The van der Waals surface area contributed by atoms with Crippen molar-refractivity contribution in [3.63, 3.8) is 0 Å². The predicted octanol–water partition coefficient (Wildman–Crippen LogP) is 3.78. The van der Waals surface area contributed by atoms with Gasteiger partial charge in [-0.2, -0.15) is 0 Å². The molecule has 0 fully saturated rings. The number of aromatic nitrogens is 2. The first-order valence-corrected chi connectivity index (χ1v) is 10.6. The molecule has 1 aliphatic heterocycles. The van der Waals surface area contributed by atoms with E-state index in [2.05, 4.69) is 21.6 Å². The number of nitrogens with zero attached hydrogens (tertiary/aromatic N) is 3. The lowest BCUT2D eigenvalue weighted by atomic mass is 10.1. The Morgan fingerprint density at radius 1 is 1.18 bits per heavy atom. The Morgan fingerprint density at radius 3 is 2.89 bits per heavy atom. The van der Waals surface area contributed by atoms with Crippen LogP contribution in [0.5, 0.6) is 0 Å². The first kappa shape index (κ1) is 18.6. The van der Waals surface area contributed by atoms with Crippen LogP contribution < -0.4 is 10.2 Å². The molecule has 0 aliphatic carbocycles. The van der Waals surface area contributed by atoms with E-state index in [0.29, 0.717) is 21.6 Å². The van der Waals surface area contributed by atoms with E-state index in [9.17, 15) is 9.59 Å². The van der Waals surface area contributed by atoms with Gasteiger partial charge in [-0.3, -0.25) is 14.9 Å². The van der Waals surface area contributed by atoms with Crippen molar-refractivity contribution in [2.75, 3.05) is 22.5 Å². The molecular formula is C20H18N4O2S2. The average Bonchev–Trinajstić information content (AvgIpc) is 3.33. The second-order valence-corrected chi connectivity index (χ2v) is 8.61. The number of para-hydroxylation sites is 1. The van der Waals surface area contributed by atoms with Gasteiger partial charge >= 0.3 is 0 Å². The third-order valence-corrected chi connectivity index (χ3v) is 6.37. The molecule has 2 aromatic carbocycles. The third kappa shape index (κ3) is 4.07. The zero-order chi connectivity index (χ0) is 19.5. The molecule has 142 valence electrons. The molecule has 0 saturated carbocycles. The topological polar surface area (TPSA) is 75.2 Å². The number of rotatable bonds is 5. The van der Waals surface area contributed by atoms with Crippen molar-refractivity contribution in [2.24, 2.45) is 0 Å². The Labute approximate surface area is 171 Å². The highest BCUT2D eigenvalue weighted by atomic mass is 32.2. The van der Waals surface area contributed by atoms with Gasteiger partial charge in [0.05, 0.1) is 5.75 Å². The van der Waals surface area contributed by atoms with Gasteiger partial charge < -0.3 is 4.90 Å². The number of amides is 2. The standard InChI is InChI=1S/C20H18N4O2S2/c1-13-5-4-7-15(11-13)18(26)21-19-22-23-20(28-19)27-12-17(25)24-10-9-14-6-2-3-8-16(14)24/h2-8,11H,9-10,12H2,1H3,(H,21,22,26). The summed E-state index contributed by atoms with van der Waals surface area (Å²) in [7, 11) is 0. The molecule has 3 aromatic rings. The highest BCUT2D eigenvalue weighted by Crippen LogP contribution is 2.30. The summed E-state index contributed by atoms with van der Waals surface area (Å²) in [4.78, 5) is 26.7. The minimum atomic E-state index is -0.221. The number of hydrogen-bond acceptors (Lipinski definition) is 6. The fraction of sp³-hybridized carbons (Fsp3) is 0.200. The number of carbonyl (C=O) groups is 2. The number of aryl methyl sites for hydroxylation is 1. The normalized spacial score (nSPS) is 12.7. The van der Waals surface area contributed by atoms with Gasteiger partial charge in [-0.15, -0.1) is 10.2 Å². The third-order valence-electron chi connectivity index (χ3n) is 4.41. The SMILES string of the molecule is Cc1cccc(C(=O)Nc2nnc(SCC(=O)N3CCc4ccccc43)s2)c1. The number of hydrogen-bond donors (Lipinski definition) is 1. The van der Waals surface area contributed by atoms with E-state index in [1.165, 1.54) is 28.7 Å². The number of carbonyl (C=O) groups excluding carboxylic acids is 2. The molecule has 4 rings (SSSR count). The monoisotopic (exact) mass is 410 g/mol. The van der Waals surface area contributed by atoms with Crippen molar-refractivity contribution in [3.05, 3.63) is 65.2 Å². The van der Waals surface area contributed by atoms with Crippen LogP contribution in [0.2, 0.25) is 0 Å². The van der Waals surface area contributed by atoms with Crippen LogP contribution in [0.4, 0.5) is 10.8 Å². The minimum absolute atomic E-state index is 0.0514. The molecule has 0 unspecified atom stereocenters. The molecule has 1 aliphatic rings. The first-order chi connectivity index (χ1) is 13.6. The lowest BCUT2D eigenvalue weighted by Crippen LogP contribution is -2.30. The second kappa shape index (κ2) is 8.12. The summed E-state index contributed by atoms with van der Waals surface area (Å²) < 4.78 is 0.653. The molecule has 0 saturated heterocycles. The number of benzene rings is 2. The van der Waals surface area contributed by atoms with Crippen LogP contribution in [0, 0.1) is 6.92 Å². The number of thioether (sulfide) groups is 1. The van der Waals surface area contributed by atoms with E-state index in [1.807, 2.05) is 48.2 Å². The van der Waals surface area contributed by atoms with Gasteiger partial charge in [0, 0.05) is 17.8 Å². The Balaban J connectivity index is 1.34. The first-order valence-electron chi connectivity index (χ1n) is 8.83. The lowest BCUT2D eigenvalue weighted by Gasteiger charge is -2.16. The van der Waals surface area contributed by atoms with Gasteiger partial charge in [0.2, 0.25) is 11.0 Å². The smallest absolute Gasteiger partial charge is 0.257 e. The maximum absolute atomic E-state index is 12.6. The largest absolute Gasteiger partial charge is 0.311 e. The molecule has 0 bridgehead atoms. The molecule has 1 N–H and O–H groups in total. The van der Waals surface area contributed by atoms with Crippen molar-refractivity contribution in [1.82, 2.24) is 10.2 Å². The molecule has 0 radical (unpaired) electrons. The number of nitrogens with one attached hydrogen (secondary N) is 1. The summed E-state index contributed by atoms with van der Waals surface area (Å²) in [6.45, 7) is 2.65. The van der Waals surface area contributed by atoms with Crippen molar-refractivity contribution in [3.8, 4) is 0 Å². The molecule has 0 spiro atoms. The van der Waals surface area contributed by atoms with Crippen LogP contribution in [-0.4, -0.2) is 34.3 Å². The number of anilines is 2. The van der Waals surface area contributed by atoms with Gasteiger partial charge in [-0.1, -0.05) is 59.0 Å². The van der Waals surface area contributed by atoms with E-state index in [1.54, 1.807) is 6.07 Å². The molecule has 6 nitrogen and oxygen atoms in total. The van der Waals surface area contributed by atoms with Crippen molar-refractivity contribution < 1.29 is 9.59 Å². The van der Waals surface area contributed by atoms with E-state index >= 15 is 0 Å². The Hall–Kier alpha value is -2.71. The van der Waals surface area contributed by atoms with Gasteiger partial charge in [-0.05, 0) is 37.1 Å². The highest BCUT2D eigenvalue weighted by molar-refractivity contribution is 8.01. The Bertz CT molecular complexity index is 1030. The van der Waals surface area contributed by atoms with Crippen molar-refractivity contribution in [1.29, 1.82) is 0 Å². The quantitative estimate of drug-likeness (QED) is 0.512. The van der Waals surface area contributed by atoms with E-state index in [0.717, 1.165) is 17.7 Å². The minimum Gasteiger partial charge on any atom is -0.311 e. The summed E-state index contributed by atoms with van der Waals surface area (Å²) in [6.07, 6.45) is 0.889. The van der Waals surface area contributed by atoms with Crippen LogP contribution in [0.25, 0.3) is 0 Å². The molecule has 8 heteroatoms. The lowest BCUT2D eigenvalue weighted by molar-refractivity contribution is -0.116. The molecule has 1 aromatic heterocycles. The van der Waals surface area contributed by atoms with Crippen LogP contribution in [0.1, 0.15) is 21.5 Å². The highest BCUT2D eigenvalue weighted by Gasteiger charge is 2.24. The molecule has 0 atom stereocenters. The maximum atomic E-state index is 12.6. The van der Waals surface area contributed by atoms with Crippen LogP contribution >= 0.6 is 23.1 Å². The molecule has 2 heterocycles. The van der Waals surface area contributed by atoms with Crippen LogP contribution in [0.15, 0.2) is 52.9 Å².